The minimum atomic E-state index is -0.575. The van der Waals surface area contributed by atoms with Crippen LogP contribution >= 0.6 is 0 Å². The summed E-state index contributed by atoms with van der Waals surface area (Å²) in [6.45, 7) is 4.20. The summed E-state index contributed by atoms with van der Waals surface area (Å²) in [7, 11) is 0. The predicted octanol–water partition coefficient (Wildman–Crippen LogP) is 1.39. The number of hydrogen-bond acceptors (Lipinski definition) is 5. The van der Waals surface area contributed by atoms with Gasteiger partial charge >= 0.3 is 0 Å². The molecule has 3 rings (SSSR count). The van der Waals surface area contributed by atoms with Crippen molar-refractivity contribution < 1.29 is 19.1 Å². The van der Waals surface area contributed by atoms with E-state index in [0.717, 1.165) is 25.4 Å². The third kappa shape index (κ3) is 5.47. The van der Waals surface area contributed by atoms with E-state index in [4.69, 9.17) is 15.2 Å². The van der Waals surface area contributed by atoms with Crippen LogP contribution in [0.3, 0.4) is 0 Å². The first-order valence-electron chi connectivity index (χ1n) is 9.33. The number of primary amides is 1. The molecule has 1 aliphatic heterocycles. The van der Waals surface area contributed by atoms with Crippen LogP contribution in [0.2, 0.25) is 0 Å². The minimum absolute atomic E-state index is 0.0977. The standard InChI is InChI=1S/C21H25N3O4/c22-21(26)18-8-4-5-9-19(18)28-16-20(25)24-12-10-23(11-13-24)14-15-27-17-6-2-1-3-7-17/h1-9H,10-16H2,(H2,22,26). The Morgan fingerprint density at radius 1 is 0.893 bits per heavy atom. The number of rotatable bonds is 8. The Morgan fingerprint density at radius 3 is 2.29 bits per heavy atom. The van der Waals surface area contributed by atoms with Gasteiger partial charge < -0.3 is 20.1 Å². The molecule has 1 heterocycles. The van der Waals surface area contributed by atoms with Gasteiger partial charge in [0, 0.05) is 32.7 Å². The van der Waals surface area contributed by atoms with Crippen molar-refractivity contribution in [3.05, 3.63) is 60.2 Å². The number of para-hydroxylation sites is 2. The van der Waals surface area contributed by atoms with E-state index in [1.165, 1.54) is 0 Å². The zero-order valence-corrected chi connectivity index (χ0v) is 15.8. The zero-order valence-electron chi connectivity index (χ0n) is 15.8. The van der Waals surface area contributed by atoms with Gasteiger partial charge in [-0.1, -0.05) is 30.3 Å². The molecule has 28 heavy (non-hydrogen) atoms. The Kier molecular flexibility index (Phi) is 6.86. The van der Waals surface area contributed by atoms with Crippen molar-refractivity contribution in [1.82, 2.24) is 9.80 Å². The molecule has 2 aromatic rings. The van der Waals surface area contributed by atoms with Gasteiger partial charge in [-0.25, -0.2) is 0 Å². The lowest BCUT2D eigenvalue weighted by Gasteiger charge is -2.34. The van der Waals surface area contributed by atoms with Crippen LogP contribution < -0.4 is 15.2 Å². The molecule has 0 radical (unpaired) electrons. The maximum absolute atomic E-state index is 12.4. The summed E-state index contributed by atoms with van der Waals surface area (Å²) in [5, 5.41) is 0. The van der Waals surface area contributed by atoms with Gasteiger partial charge in [-0.15, -0.1) is 0 Å². The average molecular weight is 383 g/mol. The Morgan fingerprint density at radius 2 is 1.57 bits per heavy atom. The first-order chi connectivity index (χ1) is 13.6. The molecule has 2 aromatic carbocycles. The molecule has 0 aliphatic carbocycles. The van der Waals surface area contributed by atoms with E-state index in [9.17, 15) is 9.59 Å². The Balaban J connectivity index is 1.38. The van der Waals surface area contributed by atoms with Crippen molar-refractivity contribution in [3.8, 4) is 11.5 Å². The summed E-state index contributed by atoms with van der Waals surface area (Å²) in [6, 6.07) is 16.4. The Hall–Kier alpha value is -3.06. The fourth-order valence-electron chi connectivity index (χ4n) is 3.06. The van der Waals surface area contributed by atoms with Gasteiger partial charge in [0.2, 0.25) is 0 Å². The summed E-state index contributed by atoms with van der Waals surface area (Å²) in [6.07, 6.45) is 0. The molecular weight excluding hydrogens is 358 g/mol. The van der Waals surface area contributed by atoms with E-state index >= 15 is 0 Å². The number of piperazine rings is 1. The second-order valence-corrected chi connectivity index (χ2v) is 6.53. The molecule has 2 N–H and O–H groups in total. The lowest BCUT2D eigenvalue weighted by atomic mass is 10.2. The monoisotopic (exact) mass is 383 g/mol. The quantitative estimate of drug-likeness (QED) is 0.745. The van der Waals surface area contributed by atoms with Crippen molar-refractivity contribution >= 4 is 11.8 Å². The first-order valence-corrected chi connectivity index (χ1v) is 9.33. The van der Waals surface area contributed by atoms with Crippen LogP contribution in [0.1, 0.15) is 10.4 Å². The third-order valence-electron chi connectivity index (χ3n) is 4.65. The maximum atomic E-state index is 12.4. The number of hydrogen-bond donors (Lipinski definition) is 1. The summed E-state index contributed by atoms with van der Waals surface area (Å²) >= 11 is 0. The van der Waals surface area contributed by atoms with Gasteiger partial charge in [-0.3, -0.25) is 14.5 Å². The highest BCUT2D eigenvalue weighted by atomic mass is 16.5. The van der Waals surface area contributed by atoms with Gasteiger partial charge in [-0.05, 0) is 24.3 Å². The second kappa shape index (κ2) is 9.75. The SMILES string of the molecule is NC(=O)c1ccccc1OCC(=O)N1CCN(CCOc2ccccc2)CC1. The van der Waals surface area contributed by atoms with Crippen LogP contribution in [0.5, 0.6) is 11.5 Å². The number of ether oxygens (including phenoxy) is 2. The molecule has 1 saturated heterocycles. The summed E-state index contributed by atoms with van der Waals surface area (Å²) in [5.41, 5.74) is 5.60. The lowest BCUT2D eigenvalue weighted by Crippen LogP contribution is -2.50. The van der Waals surface area contributed by atoms with Gasteiger partial charge in [-0.2, -0.15) is 0 Å². The smallest absolute Gasteiger partial charge is 0.260 e. The number of nitrogens with zero attached hydrogens (tertiary/aromatic N) is 2. The number of carbonyl (C=O) groups excluding carboxylic acids is 2. The van der Waals surface area contributed by atoms with Crippen LogP contribution in [-0.4, -0.2) is 67.6 Å². The molecule has 0 saturated carbocycles. The van der Waals surface area contributed by atoms with E-state index in [1.807, 2.05) is 30.3 Å². The summed E-state index contributed by atoms with van der Waals surface area (Å²) < 4.78 is 11.2. The minimum Gasteiger partial charge on any atom is -0.492 e. The van der Waals surface area contributed by atoms with Crippen molar-refractivity contribution in [2.75, 3.05) is 45.9 Å². The highest BCUT2D eigenvalue weighted by molar-refractivity contribution is 5.95. The van der Waals surface area contributed by atoms with Gasteiger partial charge in [0.1, 0.15) is 18.1 Å². The molecule has 0 bridgehead atoms. The van der Waals surface area contributed by atoms with E-state index in [1.54, 1.807) is 29.2 Å². The number of benzene rings is 2. The predicted molar refractivity (Wildman–Crippen MR) is 105 cm³/mol. The molecular formula is C21H25N3O4. The number of carbonyl (C=O) groups is 2. The first kappa shape index (κ1) is 19.7. The largest absolute Gasteiger partial charge is 0.492 e. The van der Waals surface area contributed by atoms with Crippen molar-refractivity contribution in [3.63, 3.8) is 0 Å². The molecule has 1 aliphatic rings. The number of nitrogens with two attached hydrogens (primary N) is 1. The molecule has 0 spiro atoms. The molecule has 7 nitrogen and oxygen atoms in total. The summed E-state index contributed by atoms with van der Waals surface area (Å²) in [4.78, 5) is 27.9. The fraction of sp³-hybridized carbons (Fsp3) is 0.333. The van der Waals surface area contributed by atoms with Crippen LogP contribution in [-0.2, 0) is 4.79 Å². The zero-order chi connectivity index (χ0) is 19.8. The molecule has 148 valence electrons. The number of amides is 2. The van der Waals surface area contributed by atoms with Crippen LogP contribution in [0, 0.1) is 0 Å². The highest BCUT2D eigenvalue weighted by Crippen LogP contribution is 2.17. The molecule has 0 unspecified atom stereocenters. The maximum Gasteiger partial charge on any atom is 0.260 e. The molecule has 7 heteroatoms. The summed E-state index contributed by atoms with van der Waals surface area (Å²) in [5.74, 6) is 0.526. The van der Waals surface area contributed by atoms with Crippen LogP contribution in [0.15, 0.2) is 54.6 Å². The highest BCUT2D eigenvalue weighted by Gasteiger charge is 2.21. The van der Waals surface area contributed by atoms with Crippen LogP contribution in [0.25, 0.3) is 0 Å². The lowest BCUT2D eigenvalue weighted by molar-refractivity contribution is -0.135. The van der Waals surface area contributed by atoms with E-state index in [2.05, 4.69) is 4.90 Å². The molecule has 2 amide bonds. The topological polar surface area (TPSA) is 85.1 Å². The van der Waals surface area contributed by atoms with E-state index < -0.39 is 5.91 Å². The average Bonchev–Trinajstić information content (AvgIpc) is 2.73. The van der Waals surface area contributed by atoms with E-state index in [-0.39, 0.29) is 18.1 Å². The van der Waals surface area contributed by atoms with Crippen LogP contribution in [0.4, 0.5) is 0 Å². The van der Waals surface area contributed by atoms with Crippen molar-refractivity contribution in [2.45, 2.75) is 0 Å². The van der Waals surface area contributed by atoms with Gasteiger partial charge in [0.05, 0.1) is 5.56 Å². The molecule has 0 aromatic heterocycles. The van der Waals surface area contributed by atoms with Gasteiger partial charge in [0.15, 0.2) is 6.61 Å². The molecule has 0 atom stereocenters. The fourth-order valence-corrected chi connectivity index (χ4v) is 3.06. The normalized spacial score (nSPS) is 14.5. The Bertz CT molecular complexity index is 789. The molecule has 1 fully saturated rings. The van der Waals surface area contributed by atoms with Crippen molar-refractivity contribution in [1.29, 1.82) is 0 Å². The van der Waals surface area contributed by atoms with Crippen molar-refractivity contribution in [2.24, 2.45) is 5.73 Å². The second-order valence-electron chi connectivity index (χ2n) is 6.53. The Labute approximate surface area is 164 Å². The van der Waals surface area contributed by atoms with Gasteiger partial charge in [0.25, 0.3) is 11.8 Å². The van der Waals surface area contributed by atoms with E-state index in [0.29, 0.717) is 25.4 Å². The third-order valence-corrected chi connectivity index (χ3v) is 4.65.